The summed E-state index contributed by atoms with van der Waals surface area (Å²) in [5, 5.41) is 10.8. The minimum Gasteiger partial charge on any atom is -0.418 e. The number of aliphatic hydroxyl groups is 1. The van der Waals surface area contributed by atoms with Gasteiger partial charge in [-0.25, -0.2) is 4.79 Å². The summed E-state index contributed by atoms with van der Waals surface area (Å²) in [6, 6.07) is 9.33. The van der Waals surface area contributed by atoms with Crippen molar-refractivity contribution in [1.29, 1.82) is 0 Å². The van der Waals surface area contributed by atoms with Crippen LogP contribution < -0.4 is 4.74 Å². The fourth-order valence-electron chi connectivity index (χ4n) is 7.79. The van der Waals surface area contributed by atoms with Gasteiger partial charge in [0.2, 0.25) is 0 Å². The Morgan fingerprint density at radius 1 is 1.12 bits per heavy atom. The van der Waals surface area contributed by atoms with E-state index in [9.17, 15) is 9.90 Å². The molecule has 6 heteroatoms. The van der Waals surface area contributed by atoms with E-state index in [0.717, 1.165) is 25.7 Å². The first-order valence-electron chi connectivity index (χ1n) is 15.1. The average molecular weight is 581 g/mol. The predicted molar refractivity (Wildman–Crippen MR) is 168 cm³/mol. The van der Waals surface area contributed by atoms with Gasteiger partial charge in [0.05, 0.1) is 12.2 Å². The first kappa shape index (κ1) is 29.9. The van der Waals surface area contributed by atoms with Crippen molar-refractivity contribution in [2.24, 2.45) is 22.7 Å². The van der Waals surface area contributed by atoms with Gasteiger partial charge in [0.1, 0.15) is 5.75 Å². The molecule has 0 bridgehead atoms. The molecule has 3 unspecified atom stereocenters. The zero-order valence-electron chi connectivity index (χ0n) is 25.6. The van der Waals surface area contributed by atoms with E-state index in [0.29, 0.717) is 24.0 Å². The maximum atomic E-state index is 12.8. The molecule has 40 heavy (non-hydrogen) atoms. The first-order valence-corrected chi connectivity index (χ1v) is 18.9. The van der Waals surface area contributed by atoms with E-state index in [1.54, 1.807) is 5.57 Å². The molecule has 218 valence electrons. The molecular formula is C34H48O4SSi. The Kier molecular flexibility index (Phi) is 7.91. The maximum absolute atomic E-state index is 12.8. The van der Waals surface area contributed by atoms with E-state index in [1.165, 1.54) is 22.9 Å². The van der Waals surface area contributed by atoms with Crippen LogP contribution >= 0.6 is 11.8 Å². The van der Waals surface area contributed by atoms with Crippen LogP contribution in [0.1, 0.15) is 73.6 Å². The molecule has 0 saturated heterocycles. The maximum Gasteiger partial charge on any atom is 0.373 e. The number of aliphatic hydroxyl groups excluding tert-OH is 1. The third-order valence-electron chi connectivity index (χ3n) is 11.2. The van der Waals surface area contributed by atoms with Crippen molar-refractivity contribution in [1.82, 2.24) is 0 Å². The van der Waals surface area contributed by atoms with Gasteiger partial charge in [0, 0.05) is 10.7 Å². The summed E-state index contributed by atoms with van der Waals surface area (Å²) in [6.07, 6.45) is 11.5. The normalized spacial score (nSPS) is 34.5. The lowest BCUT2D eigenvalue weighted by Crippen LogP contribution is -2.57. The van der Waals surface area contributed by atoms with E-state index in [-0.39, 0.29) is 38.6 Å². The molecule has 2 saturated carbocycles. The summed E-state index contributed by atoms with van der Waals surface area (Å²) in [6.45, 7) is 18.6. The van der Waals surface area contributed by atoms with E-state index >= 15 is 0 Å². The zero-order valence-corrected chi connectivity index (χ0v) is 27.4. The number of rotatable bonds is 5. The Bertz CT molecular complexity index is 1230. The van der Waals surface area contributed by atoms with Crippen molar-refractivity contribution in [3.63, 3.8) is 0 Å². The van der Waals surface area contributed by atoms with E-state index in [4.69, 9.17) is 9.16 Å². The highest BCUT2D eigenvalue weighted by Gasteiger charge is 2.58. The quantitative estimate of drug-likeness (QED) is 0.214. The van der Waals surface area contributed by atoms with Gasteiger partial charge in [-0.05, 0) is 98.3 Å². The topological polar surface area (TPSA) is 55.8 Å². The summed E-state index contributed by atoms with van der Waals surface area (Å²) in [4.78, 5) is 12.8. The zero-order chi connectivity index (χ0) is 29.1. The summed E-state index contributed by atoms with van der Waals surface area (Å²) in [5.41, 5.74) is 4.25. The molecule has 7 atom stereocenters. The lowest BCUT2D eigenvalue weighted by atomic mass is 9.49. The molecule has 0 amide bonds. The number of allylic oxidation sites excluding steroid dienone is 4. The highest BCUT2D eigenvalue weighted by atomic mass is 32.2. The smallest absolute Gasteiger partial charge is 0.373 e. The molecule has 4 aliphatic rings. The van der Waals surface area contributed by atoms with Crippen LogP contribution in [0, 0.1) is 22.7 Å². The van der Waals surface area contributed by atoms with Gasteiger partial charge in [-0.1, -0.05) is 87.8 Å². The molecule has 0 heterocycles. The SMILES string of the molecule is CC(SC(=O)Oc1ccccc1)C1=CC[C@H]2C3=CC=C4CC(O)CC(O[Si](C)(C)C(C)(C)C)[C@]4(C)[C@H]3CC[C@]12C. The second-order valence-corrected chi connectivity index (χ2v) is 20.5. The van der Waals surface area contributed by atoms with Crippen LogP contribution in [0.4, 0.5) is 4.79 Å². The van der Waals surface area contributed by atoms with Crippen molar-refractivity contribution >= 4 is 25.4 Å². The third-order valence-corrected chi connectivity index (χ3v) is 16.5. The van der Waals surface area contributed by atoms with Gasteiger partial charge >= 0.3 is 5.30 Å². The van der Waals surface area contributed by atoms with Crippen LogP contribution in [-0.2, 0) is 4.43 Å². The summed E-state index contributed by atoms with van der Waals surface area (Å²) in [7, 11) is -2.03. The Hall–Kier alpha value is -1.60. The van der Waals surface area contributed by atoms with Gasteiger partial charge < -0.3 is 14.3 Å². The van der Waals surface area contributed by atoms with E-state index < -0.39 is 8.32 Å². The van der Waals surface area contributed by atoms with Gasteiger partial charge in [-0.3, -0.25) is 0 Å². The summed E-state index contributed by atoms with van der Waals surface area (Å²) in [5.74, 6) is 1.45. The Morgan fingerprint density at radius 2 is 1.82 bits per heavy atom. The van der Waals surface area contributed by atoms with Gasteiger partial charge in [-0.2, -0.15) is 0 Å². The summed E-state index contributed by atoms with van der Waals surface area (Å²) >= 11 is 1.30. The molecule has 0 radical (unpaired) electrons. The fourth-order valence-corrected chi connectivity index (χ4v) is 10.1. The minimum atomic E-state index is -2.03. The van der Waals surface area contributed by atoms with Crippen LogP contribution in [0.5, 0.6) is 5.75 Å². The Labute approximate surface area is 246 Å². The van der Waals surface area contributed by atoms with E-state index in [2.05, 4.69) is 72.9 Å². The van der Waals surface area contributed by atoms with Crippen LogP contribution in [-0.4, -0.2) is 36.2 Å². The van der Waals surface area contributed by atoms with Crippen molar-refractivity contribution in [3.8, 4) is 5.75 Å². The first-order chi connectivity index (χ1) is 18.7. The van der Waals surface area contributed by atoms with Crippen LogP contribution in [0.2, 0.25) is 18.1 Å². The molecule has 0 spiro atoms. The fraction of sp³-hybridized carbons (Fsp3) is 0.618. The third kappa shape index (κ3) is 5.12. The lowest BCUT2D eigenvalue weighted by molar-refractivity contribution is -0.0417. The summed E-state index contributed by atoms with van der Waals surface area (Å²) < 4.78 is 12.8. The molecule has 1 aromatic rings. The predicted octanol–water partition coefficient (Wildman–Crippen LogP) is 9.09. The van der Waals surface area contributed by atoms with Gasteiger partial charge in [0.15, 0.2) is 8.32 Å². The number of carbonyl (C=O) groups is 1. The number of para-hydroxylation sites is 1. The molecule has 0 aliphatic heterocycles. The molecule has 1 N–H and O–H groups in total. The number of thioether (sulfide) groups is 1. The minimum absolute atomic E-state index is 0.0255. The number of ether oxygens (including phenoxy) is 1. The molecular weight excluding hydrogens is 533 g/mol. The highest BCUT2D eigenvalue weighted by Crippen LogP contribution is 2.65. The highest BCUT2D eigenvalue weighted by molar-refractivity contribution is 8.14. The van der Waals surface area contributed by atoms with Crippen molar-refractivity contribution < 1.29 is 19.1 Å². The molecule has 4 aliphatic carbocycles. The molecule has 0 aromatic heterocycles. The van der Waals surface area contributed by atoms with Crippen LogP contribution in [0.3, 0.4) is 0 Å². The Morgan fingerprint density at radius 3 is 2.50 bits per heavy atom. The number of hydrogen-bond donors (Lipinski definition) is 1. The van der Waals surface area contributed by atoms with Gasteiger partial charge in [-0.15, -0.1) is 0 Å². The average Bonchev–Trinajstić information content (AvgIpc) is 3.22. The Balaban J connectivity index is 1.37. The standard InChI is InChI=1S/C34H48O4SSi/c1-22(39-31(36)37-25-12-10-9-11-13-25)27-16-17-28-26-15-14-23-20-24(35)21-30(38-40(7,8)32(2,3)4)34(23,6)29(26)18-19-33(27,28)5/h9-16,22,24,28-30,35H,17-21H2,1-8H3/t22?,24?,28-,29-,30?,33+,34-/m0/s1. The second-order valence-electron chi connectivity index (χ2n) is 14.5. The number of hydrogen-bond acceptors (Lipinski definition) is 5. The number of benzene rings is 1. The van der Waals surface area contributed by atoms with Crippen LogP contribution in [0.25, 0.3) is 0 Å². The second kappa shape index (κ2) is 10.6. The van der Waals surface area contributed by atoms with Crippen molar-refractivity contribution in [2.75, 3.05) is 0 Å². The van der Waals surface area contributed by atoms with Crippen LogP contribution in [0.15, 0.2) is 65.3 Å². The van der Waals surface area contributed by atoms with Crippen molar-refractivity contribution in [3.05, 3.63) is 65.3 Å². The number of carbonyl (C=O) groups excluding carboxylic acids is 1. The molecule has 2 fully saturated rings. The molecule has 5 rings (SSSR count). The molecule has 4 nitrogen and oxygen atoms in total. The number of fused-ring (bicyclic) bond motifs is 5. The van der Waals surface area contributed by atoms with Crippen molar-refractivity contribution in [2.45, 2.75) is 109 Å². The van der Waals surface area contributed by atoms with E-state index in [1.807, 2.05) is 30.3 Å². The van der Waals surface area contributed by atoms with Gasteiger partial charge in [0.25, 0.3) is 0 Å². The monoisotopic (exact) mass is 580 g/mol. The lowest BCUT2D eigenvalue weighted by Gasteiger charge is -2.58. The largest absolute Gasteiger partial charge is 0.418 e. The molecule has 1 aromatic carbocycles.